The Bertz CT molecular complexity index is 1690. The number of fused-ring (bicyclic) bond motifs is 1. The molecule has 3 atom stereocenters. The number of tetrazole rings is 1. The number of pyridine rings is 1. The molecular weight excluding hydrogens is 570 g/mol. The zero-order valence-electron chi connectivity index (χ0n) is 22.2. The van der Waals surface area contributed by atoms with Crippen LogP contribution in [0.2, 0.25) is 0 Å². The fraction of sp³-hybridized carbons (Fsp3) is 0.391. The molecule has 0 aliphatic carbocycles. The van der Waals surface area contributed by atoms with Gasteiger partial charge in [0.05, 0.1) is 38.0 Å². The van der Waals surface area contributed by atoms with Gasteiger partial charge in [-0.15, -0.1) is 10.2 Å². The van der Waals surface area contributed by atoms with E-state index in [2.05, 4.69) is 35.8 Å². The standard InChI is InChI=1S/C23H23F4N11O4/c1-22(41,23(25,26)27)21(40)37-7-13(24)14(8-37)32-19(39)12-4-10(6-29-20(12)42-3)16-11(18-33-35-36(2)34-18)5-15-17(28)30-9-31-38(15)16/h4-6,9,13-14,41H,7-8H2,1-3H3,(H,32,39)(H2,28,30,31)/t13-,14+,22+/m0/s1. The van der Waals surface area contributed by atoms with E-state index in [1.54, 1.807) is 13.1 Å². The molecule has 1 aliphatic heterocycles. The summed E-state index contributed by atoms with van der Waals surface area (Å²) >= 11 is 0. The summed E-state index contributed by atoms with van der Waals surface area (Å²) in [6, 6.07) is 1.61. The molecule has 5 heterocycles. The number of aryl methyl sites for hydroxylation is 1. The van der Waals surface area contributed by atoms with E-state index in [-0.39, 0.29) is 30.0 Å². The molecule has 5 rings (SSSR count). The second-order valence-corrected chi connectivity index (χ2v) is 9.61. The van der Waals surface area contributed by atoms with E-state index in [0.717, 1.165) is 0 Å². The quantitative estimate of drug-likeness (QED) is 0.258. The van der Waals surface area contributed by atoms with Gasteiger partial charge in [0.1, 0.15) is 23.6 Å². The van der Waals surface area contributed by atoms with Gasteiger partial charge in [0.15, 0.2) is 5.82 Å². The smallest absolute Gasteiger partial charge is 0.426 e. The number of rotatable bonds is 6. The highest BCUT2D eigenvalue weighted by molar-refractivity contribution is 5.98. The molecule has 1 saturated heterocycles. The van der Waals surface area contributed by atoms with Gasteiger partial charge in [0.2, 0.25) is 17.3 Å². The van der Waals surface area contributed by atoms with E-state index in [1.807, 2.05) is 0 Å². The van der Waals surface area contributed by atoms with Crippen molar-refractivity contribution in [2.24, 2.45) is 7.05 Å². The van der Waals surface area contributed by atoms with E-state index in [1.165, 1.54) is 35.0 Å². The van der Waals surface area contributed by atoms with E-state index in [4.69, 9.17) is 10.5 Å². The average molecular weight is 594 g/mol. The normalized spacial score (nSPS) is 18.7. The molecule has 0 unspecified atom stereocenters. The van der Waals surface area contributed by atoms with Gasteiger partial charge < -0.3 is 25.8 Å². The molecule has 42 heavy (non-hydrogen) atoms. The minimum absolute atomic E-state index is 0.139. The number of aliphatic hydroxyl groups is 1. The summed E-state index contributed by atoms with van der Waals surface area (Å²) in [6.45, 7) is -1.10. The summed E-state index contributed by atoms with van der Waals surface area (Å²) in [5.74, 6) is -2.43. The molecule has 15 nitrogen and oxygen atoms in total. The summed E-state index contributed by atoms with van der Waals surface area (Å²) in [5, 5.41) is 28.4. The summed E-state index contributed by atoms with van der Waals surface area (Å²) in [6.07, 6.45) is -4.61. The lowest BCUT2D eigenvalue weighted by molar-refractivity contribution is -0.249. The predicted octanol–water partition coefficient (Wildman–Crippen LogP) is 0.165. The Morgan fingerprint density at radius 3 is 2.60 bits per heavy atom. The van der Waals surface area contributed by atoms with Crippen LogP contribution in [0, 0.1) is 0 Å². The maximum Gasteiger partial charge on any atom is 0.426 e. The minimum atomic E-state index is -5.28. The first kappa shape index (κ1) is 28.6. The largest absolute Gasteiger partial charge is 0.480 e. The number of carbonyl (C=O) groups is 2. The maximum absolute atomic E-state index is 14.8. The van der Waals surface area contributed by atoms with Crippen LogP contribution in [0.1, 0.15) is 17.3 Å². The fourth-order valence-electron chi connectivity index (χ4n) is 4.50. The lowest BCUT2D eigenvalue weighted by Crippen LogP contribution is -2.56. The van der Waals surface area contributed by atoms with Crippen LogP contribution in [0.5, 0.6) is 5.88 Å². The highest BCUT2D eigenvalue weighted by Gasteiger charge is 2.58. The molecule has 2 amide bonds. The van der Waals surface area contributed by atoms with Gasteiger partial charge in [0.25, 0.3) is 11.8 Å². The van der Waals surface area contributed by atoms with Gasteiger partial charge >= 0.3 is 6.18 Å². The minimum Gasteiger partial charge on any atom is -0.480 e. The molecular formula is C23H23F4N11O4. The molecule has 0 saturated carbocycles. The fourth-order valence-corrected chi connectivity index (χ4v) is 4.50. The van der Waals surface area contributed by atoms with Crippen molar-refractivity contribution in [3.05, 3.63) is 30.2 Å². The van der Waals surface area contributed by atoms with Crippen molar-refractivity contribution < 1.29 is 37.0 Å². The van der Waals surface area contributed by atoms with Crippen molar-refractivity contribution in [1.82, 2.24) is 50.0 Å². The zero-order chi connectivity index (χ0) is 30.6. The van der Waals surface area contributed by atoms with Gasteiger partial charge in [-0.2, -0.15) is 23.1 Å². The number of ether oxygens (including phenoxy) is 1. The molecule has 1 fully saturated rings. The van der Waals surface area contributed by atoms with E-state index >= 15 is 0 Å². The van der Waals surface area contributed by atoms with E-state index in [0.29, 0.717) is 27.2 Å². The number of anilines is 1. The Kier molecular flexibility index (Phi) is 6.91. The van der Waals surface area contributed by atoms with Crippen LogP contribution in [-0.2, 0) is 11.8 Å². The van der Waals surface area contributed by atoms with Crippen molar-refractivity contribution in [2.45, 2.75) is 30.9 Å². The van der Waals surface area contributed by atoms with Crippen molar-refractivity contribution in [1.29, 1.82) is 0 Å². The molecule has 0 radical (unpaired) electrons. The summed E-state index contributed by atoms with van der Waals surface area (Å²) < 4.78 is 60.9. The van der Waals surface area contributed by atoms with Gasteiger partial charge in [-0.3, -0.25) is 9.59 Å². The van der Waals surface area contributed by atoms with Crippen LogP contribution in [0.4, 0.5) is 23.4 Å². The topological polar surface area (TPSA) is 192 Å². The Labute approximate surface area is 233 Å². The van der Waals surface area contributed by atoms with Crippen LogP contribution in [0.15, 0.2) is 24.7 Å². The number of amides is 2. The number of carbonyl (C=O) groups excluding carboxylic acids is 2. The molecule has 1 aliphatic rings. The zero-order valence-corrected chi connectivity index (χ0v) is 22.2. The van der Waals surface area contributed by atoms with Crippen LogP contribution >= 0.6 is 0 Å². The Morgan fingerprint density at radius 2 is 1.95 bits per heavy atom. The van der Waals surface area contributed by atoms with E-state index < -0.39 is 48.9 Å². The molecule has 4 aromatic rings. The van der Waals surface area contributed by atoms with Gasteiger partial charge in [0, 0.05) is 18.3 Å². The monoisotopic (exact) mass is 593 g/mol. The average Bonchev–Trinajstić information content (AvgIpc) is 3.64. The molecule has 0 aromatic carbocycles. The van der Waals surface area contributed by atoms with Crippen molar-refractivity contribution >= 4 is 23.1 Å². The van der Waals surface area contributed by atoms with Crippen molar-refractivity contribution in [3.63, 3.8) is 0 Å². The van der Waals surface area contributed by atoms with Crippen molar-refractivity contribution in [2.75, 3.05) is 25.9 Å². The summed E-state index contributed by atoms with van der Waals surface area (Å²) in [4.78, 5) is 35.6. The Morgan fingerprint density at radius 1 is 1.21 bits per heavy atom. The highest BCUT2D eigenvalue weighted by atomic mass is 19.4. The third-order valence-electron chi connectivity index (χ3n) is 6.73. The number of hydrogen-bond donors (Lipinski definition) is 3. The van der Waals surface area contributed by atoms with Gasteiger partial charge in [-0.25, -0.2) is 18.9 Å². The highest BCUT2D eigenvalue weighted by Crippen LogP contribution is 2.36. The molecule has 0 bridgehead atoms. The number of nitrogens with two attached hydrogens (primary N) is 1. The number of nitrogens with zero attached hydrogens (tertiary/aromatic N) is 9. The third kappa shape index (κ3) is 4.80. The van der Waals surface area contributed by atoms with Crippen LogP contribution in [-0.4, -0.2) is 106 Å². The summed E-state index contributed by atoms with van der Waals surface area (Å²) in [5.41, 5.74) is 3.62. The molecule has 0 spiro atoms. The lowest BCUT2D eigenvalue weighted by Gasteiger charge is -2.29. The van der Waals surface area contributed by atoms with Crippen LogP contribution in [0.3, 0.4) is 0 Å². The lowest BCUT2D eigenvalue weighted by atomic mass is 10.1. The number of nitrogens with one attached hydrogen (secondary N) is 1. The number of likely N-dealkylation sites (tertiary alicyclic amines) is 1. The predicted molar refractivity (Wildman–Crippen MR) is 134 cm³/mol. The second kappa shape index (κ2) is 10.2. The molecule has 4 N–H and O–H groups in total. The number of nitrogen functional groups attached to an aromatic ring is 1. The first-order valence-corrected chi connectivity index (χ1v) is 12.2. The summed E-state index contributed by atoms with van der Waals surface area (Å²) in [7, 11) is 2.82. The molecule has 19 heteroatoms. The van der Waals surface area contributed by atoms with Crippen molar-refractivity contribution in [3.8, 4) is 28.5 Å². The van der Waals surface area contributed by atoms with Gasteiger partial charge in [-0.1, -0.05) is 0 Å². The number of halogens is 4. The number of methoxy groups -OCH3 is 1. The van der Waals surface area contributed by atoms with E-state index in [9.17, 15) is 32.3 Å². The maximum atomic E-state index is 14.8. The van der Waals surface area contributed by atoms with Crippen LogP contribution in [0.25, 0.3) is 28.2 Å². The van der Waals surface area contributed by atoms with Gasteiger partial charge in [-0.05, 0) is 24.3 Å². The first-order valence-electron chi connectivity index (χ1n) is 12.2. The second-order valence-electron chi connectivity index (χ2n) is 9.61. The molecule has 222 valence electrons. The SMILES string of the molecule is COc1ncc(-c2c(-c3nnn(C)n3)cc3c(N)ncnn23)cc1C(=O)N[C@@H]1CN(C(=O)[C@@](C)(O)C(F)(F)F)C[C@@H]1F. The number of aromatic nitrogens is 8. The third-order valence-corrected chi connectivity index (χ3v) is 6.73. The Hall–Kier alpha value is -4.94. The first-order chi connectivity index (χ1) is 19.7. The number of alkyl halides is 4. The molecule has 4 aromatic heterocycles. The number of hydrogen-bond acceptors (Lipinski definition) is 11. The van der Waals surface area contributed by atoms with Crippen LogP contribution < -0.4 is 15.8 Å². The Balaban J connectivity index is 1.48.